The Morgan fingerprint density at radius 3 is 1.10 bits per heavy atom. The fourth-order valence-corrected chi connectivity index (χ4v) is 18.7. The van der Waals surface area contributed by atoms with Crippen LogP contribution >= 0.6 is 0 Å². The Morgan fingerprint density at radius 1 is 0.438 bits per heavy atom. The van der Waals surface area contributed by atoms with E-state index in [9.17, 15) is 77.8 Å². The number of carbonyl (C=O) groups excluding carboxylic acids is 12. The van der Waals surface area contributed by atoms with Crippen LogP contribution in [0.3, 0.4) is 0 Å². The number of benzene rings is 2. The summed E-state index contributed by atoms with van der Waals surface area (Å²) in [6, 6.07) is 12.1. The van der Waals surface area contributed by atoms with Crippen LogP contribution in [0.5, 0.6) is 0 Å². The molecular formula is C96H138N4O28. The van der Waals surface area contributed by atoms with Crippen molar-refractivity contribution in [1.29, 1.82) is 0 Å². The summed E-state index contributed by atoms with van der Waals surface area (Å²) in [4.78, 5) is 165. The largest absolute Gasteiger partial charge is 0.463 e. The third kappa shape index (κ3) is 28.1. The first-order chi connectivity index (χ1) is 60.2. The summed E-state index contributed by atoms with van der Waals surface area (Å²) in [5.41, 5.74) is -0.331. The Labute approximate surface area is 752 Å². The molecule has 32 nitrogen and oxygen atoms in total. The number of likely N-dealkylation sites (tertiary alicyclic amines) is 2. The van der Waals surface area contributed by atoms with Gasteiger partial charge in [0.1, 0.15) is 50.8 Å². The first-order valence-electron chi connectivity index (χ1n) is 45.4. The van der Waals surface area contributed by atoms with Crippen molar-refractivity contribution in [1.82, 2.24) is 9.80 Å². The molecule has 2 atom stereocenters. The predicted molar refractivity (Wildman–Crippen MR) is 468 cm³/mol. The van der Waals surface area contributed by atoms with Gasteiger partial charge in [0.15, 0.2) is 0 Å². The second-order valence-electron chi connectivity index (χ2n) is 38.2. The van der Waals surface area contributed by atoms with Gasteiger partial charge < -0.3 is 66.6 Å². The summed E-state index contributed by atoms with van der Waals surface area (Å²) in [5, 5.41) is 22.0. The van der Waals surface area contributed by atoms with Gasteiger partial charge in [0.25, 0.3) is 11.4 Å². The van der Waals surface area contributed by atoms with E-state index in [1.54, 1.807) is 52.8 Å². The summed E-state index contributed by atoms with van der Waals surface area (Å²) in [6.45, 7) is 43.0. The van der Waals surface area contributed by atoms with Crippen LogP contribution in [0.1, 0.15) is 244 Å². The van der Waals surface area contributed by atoms with Crippen LogP contribution in [-0.4, -0.2) is 181 Å². The molecule has 0 spiro atoms. The monoisotopic (exact) mass is 1790 g/mol. The molecule has 14 rings (SSSR count). The molecule has 8 saturated carbocycles. The molecule has 2 amide bonds. The minimum absolute atomic E-state index is 0.00476. The number of hydrogen-bond donors (Lipinski definition) is 0. The Morgan fingerprint density at radius 2 is 0.766 bits per heavy atom. The number of nitro groups is 2. The maximum Gasteiger partial charge on any atom is 0.410 e. The van der Waals surface area contributed by atoms with E-state index in [4.69, 9.17) is 52.1 Å². The molecule has 0 radical (unpaired) electrons. The summed E-state index contributed by atoms with van der Waals surface area (Å²) >= 11 is 0. The second kappa shape index (κ2) is 47.3. The highest BCUT2D eigenvalue weighted by Crippen LogP contribution is 2.64. The highest BCUT2D eigenvalue weighted by atomic mass is 16.6. The maximum atomic E-state index is 12.8. The van der Waals surface area contributed by atoms with E-state index in [0.717, 1.165) is 30.1 Å². The average Bonchev–Trinajstić information content (AvgIpc) is 0.738. The maximum absolute atomic E-state index is 12.8. The van der Waals surface area contributed by atoms with Gasteiger partial charge in [-0.2, -0.15) is 0 Å². The van der Waals surface area contributed by atoms with Crippen molar-refractivity contribution in [3.05, 3.63) is 116 Å². The van der Waals surface area contributed by atoms with Crippen LogP contribution in [0, 0.1) is 107 Å². The molecule has 32 heteroatoms. The molecule has 2 aromatic carbocycles. The lowest BCUT2D eigenvalue weighted by atomic mass is 9.47. The lowest BCUT2D eigenvalue weighted by molar-refractivity contribution is -0.386. The van der Waals surface area contributed by atoms with Gasteiger partial charge in [0.2, 0.25) is 12.2 Å². The molecular weight excluding hydrogens is 1660 g/mol. The molecule has 128 heavy (non-hydrogen) atoms. The number of hydrogen-bond acceptors (Lipinski definition) is 28. The zero-order valence-electron chi connectivity index (χ0n) is 78.0. The highest BCUT2D eigenvalue weighted by Gasteiger charge is 2.63. The van der Waals surface area contributed by atoms with Crippen molar-refractivity contribution in [2.45, 2.75) is 269 Å². The predicted octanol–water partition coefficient (Wildman–Crippen LogP) is 16.5. The van der Waals surface area contributed by atoms with Gasteiger partial charge in [-0.3, -0.25) is 44.2 Å². The number of rotatable bonds is 29. The molecule has 12 aliphatic rings. The van der Waals surface area contributed by atoms with E-state index in [1.807, 2.05) is 27.7 Å². The first-order valence-corrected chi connectivity index (χ1v) is 45.4. The Kier molecular flexibility index (Phi) is 38.7. The fourth-order valence-electron chi connectivity index (χ4n) is 18.7. The van der Waals surface area contributed by atoms with E-state index in [2.05, 4.69) is 59.1 Å². The molecule has 4 heterocycles. The Balaban J connectivity index is 0.000000217. The minimum atomic E-state index is -0.728. The lowest BCUT2D eigenvalue weighted by Crippen LogP contribution is -2.63. The van der Waals surface area contributed by atoms with E-state index in [0.29, 0.717) is 143 Å². The van der Waals surface area contributed by atoms with Crippen LogP contribution in [0.25, 0.3) is 0 Å². The smallest absolute Gasteiger partial charge is 0.410 e. The minimum Gasteiger partial charge on any atom is -0.463 e. The number of esters is 10. The summed E-state index contributed by atoms with van der Waals surface area (Å²) < 4.78 is 62.3. The van der Waals surface area contributed by atoms with Crippen molar-refractivity contribution in [3.8, 4) is 0 Å². The van der Waals surface area contributed by atoms with Crippen molar-refractivity contribution >= 4 is 83.3 Å². The van der Waals surface area contributed by atoms with Crippen LogP contribution < -0.4 is 0 Å². The Hall–Kier alpha value is -10.3. The molecule has 8 aliphatic carbocycles. The van der Waals surface area contributed by atoms with Crippen molar-refractivity contribution < 1.29 is 124 Å². The molecule has 4 aliphatic heterocycles. The van der Waals surface area contributed by atoms with E-state index < -0.39 is 74.9 Å². The van der Waals surface area contributed by atoms with Gasteiger partial charge in [-0.05, 0) is 243 Å². The molecule has 2 aromatic rings. The Bertz CT molecular complexity index is 4220. The van der Waals surface area contributed by atoms with E-state index in [1.165, 1.54) is 118 Å². The summed E-state index contributed by atoms with van der Waals surface area (Å²) in [6.07, 6.45) is 15.3. The summed E-state index contributed by atoms with van der Waals surface area (Å²) in [7, 11) is 0. The van der Waals surface area contributed by atoms with E-state index >= 15 is 0 Å². The van der Waals surface area contributed by atoms with Crippen LogP contribution in [-0.2, 0) is 118 Å². The third-order valence-electron chi connectivity index (χ3n) is 27.2. The van der Waals surface area contributed by atoms with Crippen molar-refractivity contribution in [2.24, 2.45) is 87.3 Å². The zero-order valence-corrected chi connectivity index (χ0v) is 78.0. The van der Waals surface area contributed by atoms with Gasteiger partial charge in [0.05, 0.1) is 62.3 Å². The van der Waals surface area contributed by atoms with Gasteiger partial charge in [-0.25, -0.2) is 33.6 Å². The van der Waals surface area contributed by atoms with Crippen LogP contribution in [0.2, 0.25) is 0 Å². The number of nitro benzene ring substituents is 2. The van der Waals surface area contributed by atoms with Gasteiger partial charge >= 0.3 is 71.9 Å². The van der Waals surface area contributed by atoms with Crippen molar-refractivity contribution in [2.75, 3.05) is 65.8 Å². The number of piperidine rings is 2. The van der Waals surface area contributed by atoms with Gasteiger partial charge in [-0.15, -0.1) is 0 Å². The second-order valence-corrected chi connectivity index (χ2v) is 38.2. The van der Waals surface area contributed by atoms with Crippen molar-refractivity contribution in [3.63, 3.8) is 0 Å². The lowest BCUT2D eigenvalue weighted by Gasteiger charge is -2.62. The molecule has 0 N–H and O–H groups in total. The molecule has 8 bridgehead atoms. The number of cyclic esters (lactones) is 2. The number of amides is 2. The summed E-state index contributed by atoms with van der Waals surface area (Å²) in [5.74, 6) is 2.60. The molecule has 0 aromatic heterocycles. The van der Waals surface area contributed by atoms with Gasteiger partial charge in [0, 0.05) is 67.9 Å². The number of ether oxygens (including phenoxy) is 12. The standard InChI is InChI=1S/C22H30N2O8.C20H24N2O8.C19H32O2.C17H26O2.C10H16O4.C8H10O4/c1-4-22(2,3)20(26)31-14-13-30-19(25)16-9-11-23(12-10-16)21(27)32-15-17-7-5-6-8-18(17)24(28)29;1-14(2)18(23)28-11-12-29-19(24)15-7-9-21(10-8-15)20(25)30-13-16-5-3-4-6-17(16)22(26)27;1-6-18(4,5)17(20)21-19(12(2)3)15-8-13-7-14(10-15)11-16(19)9-13;1-10(2)16(18)19-17(11(3)4)14-6-12-5-13(8-14)9-15(17)7-12;1-4-10(2,3)9(12)14-7-5-6-13-8(7)11;1-5(2)7(9)12-6-3-4-11-8(6)10/h5-8,16H,4,9-15H2,1-3H3;3-6,15H,1,7-13H2,2H3;12-16H,6-11H2,1-5H3;11-15H,1,5-9H2,2-4H3;7H,4-6H2,1-3H3;6H,1,3-4H2,2H3. The van der Waals surface area contributed by atoms with Crippen LogP contribution in [0.15, 0.2) is 85.0 Å². The SMILES string of the molecule is C=C(C)C(=O)OC1(C(C)C)C2CC3CC(C2)CC1C3.C=C(C)C(=O)OC1CCOC1=O.C=C(C)C(=O)OCCOC(=O)C1CCN(C(=O)OCc2ccccc2[N+](=O)[O-])CC1.CCC(C)(C)C(=O)OC1(C(C)C)C2CC3CC(C2)CC1C3.CCC(C)(C)C(=O)OC1CCOC1=O.CCC(C)(C)C(=O)OCCOC(=O)C1CCN(C(=O)OCc2ccccc2[N+](=O)[O-])CC1. The number of nitrogens with zero attached hydrogens (tertiary/aromatic N) is 4. The topological polar surface area (TPSA) is 408 Å². The van der Waals surface area contributed by atoms with E-state index in [-0.39, 0.29) is 120 Å². The zero-order chi connectivity index (χ0) is 94.9. The quantitative estimate of drug-likeness (QED) is 0.0182. The number of carbonyl (C=O) groups is 12. The molecule has 12 fully saturated rings. The molecule has 4 saturated heterocycles. The average molecular weight is 1800 g/mol. The molecule has 2 unspecified atom stereocenters. The molecule has 710 valence electrons. The van der Waals surface area contributed by atoms with Crippen LogP contribution in [0.4, 0.5) is 21.0 Å². The third-order valence-corrected chi connectivity index (χ3v) is 27.2. The van der Waals surface area contributed by atoms with Gasteiger partial charge in [-0.1, -0.05) is 92.5 Å². The first kappa shape index (κ1) is 105. The number of para-hydroxylation sites is 2. The normalized spacial score (nSPS) is 24.6. The highest BCUT2D eigenvalue weighted by molar-refractivity contribution is 5.90. The fraction of sp³-hybridized carbons (Fsp3) is 0.688.